The van der Waals surface area contributed by atoms with E-state index in [-0.39, 0.29) is 6.61 Å². The normalized spacial score (nSPS) is 11.8. The van der Waals surface area contributed by atoms with E-state index in [0.29, 0.717) is 12.8 Å². The standard InChI is InChI=1S/C19H25NO4/c1-5-6-8-13-16(20-18(22)24-19(2,3)4)17(21)23-14-15-11-9-7-10-12-15/h6-7,9-12,16H,1,8,13-14H2,2-4H3,(H,20,22)/t16-/m0/s1. The third-order valence-electron chi connectivity index (χ3n) is 2.94. The summed E-state index contributed by atoms with van der Waals surface area (Å²) in [5.74, 6) is -0.498. The fraction of sp³-hybridized carbons (Fsp3) is 0.421. The second-order valence-corrected chi connectivity index (χ2v) is 6.28. The molecule has 0 aromatic heterocycles. The van der Waals surface area contributed by atoms with Crippen LogP contribution in [-0.2, 0) is 20.9 Å². The zero-order chi connectivity index (χ0) is 18.0. The molecule has 5 heteroatoms. The summed E-state index contributed by atoms with van der Waals surface area (Å²) in [5.41, 5.74) is 2.89. The highest BCUT2D eigenvalue weighted by molar-refractivity contribution is 5.81. The third-order valence-corrected chi connectivity index (χ3v) is 2.94. The van der Waals surface area contributed by atoms with E-state index in [1.807, 2.05) is 30.3 Å². The summed E-state index contributed by atoms with van der Waals surface area (Å²) in [4.78, 5) is 24.2. The van der Waals surface area contributed by atoms with Crippen molar-refractivity contribution in [1.29, 1.82) is 0 Å². The Hall–Kier alpha value is -2.52. The zero-order valence-corrected chi connectivity index (χ0v) is 14.5. The molecule has 0 fully saturated rings. The molecule has 1 aromatic rings. The van der Waals surface area contributed by atoms with E-state index in [9.17, 15) is 9.59 Å². The van der Waals surface area contributed by atoms with Gasteiger partial charge in [-0.2, -0.15) is 0 Å². The predicted octanol–water partition coefficient (Wildman–Crippen LogP) is 3.74. The predicted molar refractivity (Wildman–Crippen MR) is 92.3 cm³/mol. The van der Waals surface area contributed by atoms with Gasteiger partial charge >= 0.3 is 12.1 Å². The quantitative estimate of drug-likeness (QED) is 0.610. The van der Waals surface area contributed by atoms with Gasteiger partial charge in [-0.3, -0.25) is 0 Å². The second-order valence-electron chi connectivity index (χ2n) is 6.28. The van der Waals surface area contributed by atoms with E-state index in [0.717, 1.165) is 5.56 Å². The first-order valence-corrected chi connectivity index (χ1v) is 7.86. The van der Waals surface area contributed by atoms with Crippen molar-refractivity contribution in [2.45, 2.75) is 51.9 Å². The van der Waals surface area contributed by atoms with Crippen LogP contribution in [0, 0.1) is 0 Å². The number of amides is 1. The molecule has 24 heavy (non-hydrogen) atoms. The van der Waals surface area contributed by atoms with E-state index in [1.165, 1.54) is 0 Å². The van der Waals surface area contributed by atoms with E-state index in [4.69, 9.17) is 9.47 Å². The molecular formula is C19H25NO4. The average molecular weight is 331 g/mol. The first-order valence-electron chi connectivity index (χ1n) is 7.86. The number of esters is 1. The number of allylic oxidation sites excluding steroid dienone is 1. The molecule has 0 aliphatic rings. The highest BCUT2D eigenvalue weighted by Gasteiger charge is 2.25. The molecule has 1 aromatic carbocycles. The fourth-order valence-corrected chi connectivity index (χ4v) is 1.88. The molecular weight excluding hydrogens is 306 g/mol. The van der Waals surface area contributed by atoms with Crippen molar-refractivity contribution in [3.63, 3.8) is 0 Å². The first-order chi connectivity index (χ1) is 11.3. The van der Waals surface area contributed by atoms with Gasteiger partial charge in [-0.15, -0.1) is 5.73 Å². The molecule has 1 N–H and O–H groups in total. The Balaban J connectivity index is 2.63. The van der Waals surface area contributed by atoms with Gasteiger partial charge in [0.1, 0.15) is 18.2 Å². The van der Waals surface area contributed by atoms with E-state index < -0.39 is 23.7 Å². The Morgan fingerprint density at radius 1 is 1.29 bits per heavy atom. The molecule has 0 radical (unpaired) electrons. The Labute approximate surface area is 143 Å². The Kier molecular flexibility index (Phi) is 7.80. The largest absolute Gasteiger partial charge is 0.459 e. The number of benzene rings is 1. The van der Waals surface area contributed by atoms with Crippen LogP contribution < -0.4 is 5.32 Å². The minimum atomic E-state index is -0.784. The molecule has 0 spiro atoms. The number of carbonyl (C=O) groups is 2. The monoisotopic (exact) mass is 331 g/mol. The lowest BCUT2D eigenvalue weighted by molar-refractivity contribution is -0.147. The van der Waals surface area contributed by atoms with Crippen LogP contribution in [0.15, 0.2) is 48.7 Å². The number of alkyl carbamates (subject to hydrolysis) is 1. The van der Waals surface area contributed by atoms with Crippen molar-refractivity contribution in [3.8, 4) is 0 Å². The number of ether oxygens (including phenoxy) is 2. The number of hydrogen-bond acceptors (Lipinski definition) is 4. The van der Waals surface area contributed by atoms with Gasteiger partial charge in [0.2, 0.25) is 0 Å². The van der Waals surface area contributed by atoms with Gasteiger partial charge in [0.05, 0.1) is 0 Å². The molecule has 0 aliphatic heterocycles. The maximum atomic E-state index is 12.3. The third kappa shape index (κ3) is 8.20. The maximum absolute atomic E-state index is 12.3. The smallest absolute Gasteiger partial charge is 0.408 e. The Morgan fingerprint density at radius 3 is 2.54 bits per heavy atom. The molecule has 1 atom stereocenters. The van der Waals surface area contributed by atoms with Gasteiger partial charge in [0.15, 0.2) is 0 Å². The summed E-state index contributed by atoms with van der Waals surface area (Å²) in [6.45, 7) is 8.91. The lowest BCUT2D eigenvalue weighted by atomic mass is 10.1. The van der Waals surface area contributed by atoms with Gasteiger partial charge in [0, 0.05) is 0 Å². The van der Waals surface area contributed by atoms with Crippen LogP contribution in [0.1, 0.15) is 39.2 Å². The minimum Gasteiger partial charge on any atom is -0.459 e. The van der Waals surface area contributed by atoms with Crippen molar-refractivity contribution in [2.24, 2.45) is 0 Å². The molecule has 0 bridgehead atoms. The van der Waals surface area contributed by atoms with Gasteiger partial charge in [0.25, 0.3) is 0 Å². The van der Waals surface area contributed by atoms with Crippen LogP contribution in [0.25, 0.3) is 0 Å². The topological polar surface area (TPSA) is 64.6 Å². The summed E-state index contributed by atoms with van der Waals surface area (Å²) in [6.07, 6.45) is 1.99. The highest BCUT2D eigenvalue weighted by atomic mass is 16.6. The molecule has 5 nitrogen and oxygen atoms in total. The van der Waals surface area contributed by atoms with Gasteiger partial charge in [-0.25, -0.2) is 9.59 Å². The molecule has 1 amide bonds. The average Bonchev–Trinajstić information content (AvgIpc) is 2.51. The zero-order valence-electron chi connectivity index (χ0n) is 14.5. The highest BCUT2D eigenvalue weighted by Crippen LogP contribution is 2.09. The van der Waals surface area contributed by atoms with Gasteiger partial charge < -0.3 is 14.8 Å². The Morgan fingerprint density at radius 2 is 1.96 bits per heavy atom. The van der Waals surface area contributed by atoms with Crippen LogP contribution in [0.3, 0.4) is 0 Å². The van der Waals surface area contributed by atoms with Crippen LogP contribution in [0.2, 0.25) is 0 Å². The van der Waals surface area contributed by atoms with Crippen molar-refractivity contribution in [1.82, 2.24) is 5.32 Å². The van der Waals surface area contributed by atoms with Crippen LogP contribution in [-0.4, -0.2) is 23.7 Å². The van der Waals surface area contributed by atoms with Crippen LogP contribution in [0.4, 0.5) is 4.79 Å². The molecule has 1 rings (SSSR count). The fourth-order valence-electron chi connectivity index (χ4n) is 1.88. The first kappa shape index (κ1) is 19.5. The van der Waals surface area contributed by atoms with Crippen LogP contribution >= 0.6 is 0 Å². The number of rotatable bonds is 7. The summed E-state index contributed by atoms with van der Waals surface area (Å²) >= 11 is 0. The second kappa shape index (κ2) is 9.58. The van der Waals surface area contributed by atoms with Gasteiger partial charge in [-0.1, -0.05) is 36.9 Å². The van der Waals surface area contributed by atoms with E-state index in [2.05, 4.69) is 17.6 Å². The van der Waals surface area contributed by atoms with Crippen molar-refractivity contribution in [3.05, 3.63) is 54.3 Å². The maximum Gasteiger partial charge on any atom is 0.408 e. The molecule has 0 saturated heterocycles. The number of carbonyl (C=O) groups excluding carboxylic acids is 2. The summed E-state index contributed by atoms with van der Waals surface area (Å²) < 4.78 is 10.5. The molecule has 0 heterocycles. The molecule has 0 unspecified atom stereocenters. The summed E-state index contributed by atoms with van der Waals surface area (Å²) in [6, 6.07) is 8.57. The molecule has 0 aliphatic carbocycles. The molecule has 0 saturated carbocycles. The van der Waals surface area contributed by atoms with Crippen molar-refractivity contribution < 1.29 is 19.1 Å². The molecule has 130 valence electrons. The number of nitrogens with one attached hydrogen (secondary N) is 1. The van der Waals surface area contributed by atoms with Crippen molar-refractivity contribution in [2.75, 3.05) is 0 Å². The SMILES string of the molecule is C=C=CCC[C@H](NC(=O)OC(C)(C)C)C(=O)OCc1ccccc1. The summed E-state index contributed by atoms with van der Waals surface area (Å²) in [7, 11) is 0. The summed E-state index contributed by atoms with van der Waals surface area (Å²) in [5, 5.41) is 2.56. The van der Waals surface area contributed by atoms with Crippen LogP contribution in [0.5, 0.6) is 0 Å². The lowest BCUT2D eigenvalue weighted by Crippen LogP contribution is -2.44. The lowest BCUT2D eigenvalue weighted by Gasteiger charge is -2.22. The Bertz CT molecular complexity index is 583. The number of hydrogen-bond donors (Lipinski definition) is 1. The van der Waals surface area contributed by atoms with Crippen molar-refractivity contribution >= 4 is 12.1 Å². The van der Waals surface area contributed by atoms with Gasteiger partial charge in [-0.05, 0) is 45.3 Å². The minimum absolute atomic E-state index is 0.156. The van der Waals surface area contributed by atoms with E-state index >= 15 is 0 Å². The van der Waals surface area contributed by atoms with E-state index in [1.54, 1.807) is 26.8 Å².